The van der Waals surface area contributed by atoms with Crippen LogP contribution >= 0.6 is 0 Å². The summed E-state index contributed by atoms with van der Waals surface area (Å²) >= 11 is 0. The number of hydrogen-bond acceptors (Lipinski definition) is 5. The third-order valence-electron chi connectivity index (χ3n) is 3.56. The highest BCUT2D eigenvalue weighted by atomic mass is 16.5. The normalized spacial score (nSPS) is 12.2. The third kappa shape index (κ3) is 6.11. The number of hydrogen-bond donors (Lipinski definition) is 2. The Morgan fingerprint density at radius 2 is 2.08 bits per heavy atom. The van der Waals surface area contributed by atoms with Gasteiger partial charge in [0.2, 0.25) is 5.88 Å². The van der Waals surface area contributed by atoms with Crippen LogP contribution in [0.3, 0.4) is 0 Å². The van der Waals surface area contributed by atoms with Gasteiger partial charge in [0.05, 0.1) is 18.4 Å². The van der Waals surface area contributed by atoms with Crippen LogP contribution in [-0.4, -0.2) is 42.7 Å². The van der Waals surface area contributed by atoms with Crippen LogP contribution in [0.1, 0.15) is 31.2 Å². The van der Waals surface area contributed by atoms with E-state index in [1.807, 2.05) is 51.0 Å². The van der Waals surface area contributed by atoms with Crippen LogP contribution in [0.25, 0.3) is 0 Å². The molecule has 2 rings (SSSR count). The molecule has 0 bridgehead atoms. The predicted molar refractivity (Wildman–Crippen MR) is 95.4 cm³/mol. The van der Waals surface area contributed by atoms with Crippen LogP contribution in [0, 0.1) is 0 Å². The molecule has 7 nitrogen and oxygen atoms in total. The first-order valence-corrected chi connectivity index (χ1v) is 8.29. The minimum Gasteiger partial charge on any atom is -0.475 e. The van der Waals surface area contributed by atoms with Crippen molar-refractivity contribution >= 4 is 6.03 Å². The number of aromatic nitrogens is 1. The van der Waals surface area contributed by atoms with Gasteiger partial charge in [-0.2, -0.15) is 0 Å². The van der Waals surface area contributed by atoms with Crippen molar-refractivity contribution in [2.24, 2.45) is 0 Å². The lowest BCUT2D eigenvalue weighted by atomic mass is 10.2. The van der Waals surface area contributed by atoms with Crippen molar-refractivity contribution in [3.05, 3.63) is 48.0 Å². The van der Waals surface area contributed by atoms with Gasteiger partial charge in [-0.3, -0.25) is 4.90 Å². The molecule has 0 aliphatic heterocycles. The van der Waals surface area contributed by atoms with E-state index in [2.05, 4.69) is 15.6 Å². The Kier molecular flexibility index (Phi) is 6.82. The van der Waals surface area contributed by atoms with E-state index >= 15 is 0 Å². The summed E-state index contributed by atoms with van der Waals surface area (Å²) in [6, 6.07) is 7.17. The number of nitrogens with one attached hydrogen (secondary N) is 2. The van der Waals surface area contributed by atoms with Gasteiger partial charge in [-0.25, -0.2) is 9.78 Å². The van der Waals surface area contributed by atoms with Crippen LogP contribution in [0.5, 0.6) is 5.88 Å². The topological polar surface area (TPSA) is 79.6 Å². The van der Waals surface area contributed by atoms with Gasteiger partial charge >= 0.3 is 6.03 Å². The zero-order valence-electron chi connectivity index (χ0n) is 15.2. The second-order valence-electron chi connectivity index (χ2n) is 6.23. The molecule has 136 valence electrons. The minimum atomic E-state index is -0.235. The molecule has 0 fully saturated rings. The summed E-state index contributed by atoms with van der Waals surface area (Å²) in [5, 5.41) is 5.68. The molecular formula is C18H26N4O3. The number of carbonyl (C=O) groups is 1. The molecule has 0 aromatic carbocycles. The molecule has 1 atom stereocenters. The van der Waals surface area contributed by atoms with Gasteiger partial charge in [0, 0.05) is 25.4 Å². The molecule has 1 unspecified atom stereocenters. The summed E-state index contributed by atoms with van der Waals surface area (Å²) in [4.78, 5) is 18.2. The summed E-state index contributed by atoms with van der Waals surface area (Å²) in [6.45, 7) is 4.75. The minimum absolute atomic E-state index is 0.0186. The fourth-order valence-electron chi connectivity index (χ4n) is 2.28. The van der Waals surface area contributed by atoms with Gasteiger partial charge in [-0.15, -0.1) is 0 Å². The van der Waals surface area contributed by atoms with Crippen LogP contribution < -0.4 is 15.4 Å². The Bertz CT molecular complexity index is 639. The van der Waals surface area contributed by atoms with Gasteiger partial charge in [0.25, 0.3) is 0 Å². The van der Waals surface area contributed by atoms with Crippen molar-refractivity contribution in [3.8, 4) is 5.88 Å². The predicted octanol–water partition coefficient (Wildman–Crippen LogP) is 2.56. The summed E-state index contributed by atoms with van der Waals surface area (Å²) in [5.41, 5.74) is 0.904. The van der Waals surface area contributed by atoms with Crippen LogP contribution in [-0.2, 0) is 6.54 Å². The van der Waals surface area contributed by atoms with Crippen LogP contribution in [0.4, 0.5) is 4.79 Å². The van der Waals surface area contributed by atoms with Crippen molar-refractivity contribution in [1.82, 2.24) is 20.5 Å². The van der Waals surface area contributed by atoms with E-state index in [-0.39, 0.29) is 18.2 Å². The molecule has 2 aromatic rings. The fourth-order valence-corrected chi connectivity index (χ4v) is 2.28. The van der Waals surface area contributed by atoms with E-state index in [9.17, 15) is 4.79 Å². The number of carbonyl (C=O) groups excluding carboxylic acids is 1. The van der Waals surface area contributed by atoms with E-state index in [0.717, 1.165) is 11.3 Å². The van der Waals surface area contributed by atoms with E-state index in [4.69, 9.17) is 9.15 Å². The molecule has 2 N–H and O–H groups in total. The lowest BCUT2D eigenvalue weighted by Crippen LogP contribution is -2.40. The molecule has 0 radical (unpaired) electrons. The van der Waals surface area contributed by atoms with E-state index < -0.39 is 0 Å². The third-order valence-corrected chi connectivity index (χ3v) is 3.56. The zero-order chi connectivity index (χ0) is 18.2. The molecule has 0 aliphatic carbocycles. The van der Waals surface area contributed by atoms with Gasteiger partial charge in [-0.05, 0) is 45.6 Å². The van der Waals surface area contributed by atoms with E-state index in [1.165, 1.54) is 0 Å². The highest BCUT2D eigenvalue weighted by Crippen LogP contribution is 2.17. The zero-order valence-corrected chi connectivity index (χ0v) is 15.2. The SMILES string of the molecule is CC(C)Oc1ccc(CNC(=O)NCC(c2ccco2)N(C)C)cn1. The largest absolute Gasteiger partial charge is 0.475 e. The monoisotopic (exact) mass is 346 g/mol. The number of ether oxygens (including phenoxy) is 1. The molecule has 2 heterocycles. The van der Waals surface area contributed by atoms with Gasteiger partial charge < -0.3 is 19.8 Å². The fraction of sp³-hybridized carbons (Fsp3) is 0.444. The number of rotatable bonds is 8. The van der Waals surface area contributed by atoms with Crippen LogP contribution in [0.15, 0.2) is 41.1 Å². The van der Waals surface area contributed by atoms with E-state index in [0.29, 0.717) is 19.0 Å². The average molecular weight is 346 g/mol. The van der Waals surface area contributed by atoms with Crippen molar-refractivity contribution in [2.75, 3.05) is 20.6 Å². The molecule has 0 spiro atoms. The summed E-state index contributed by atoms with van der Waals surface area (Å²) in [7, 11) is 3.89. The van der Waals surface area contributed by atoms with E-state index in [1.54, 1.807) is 18.5 Å². The Labute approximate surface area is 148 Å². The molecule has 2 aromatic heterocycles. The number of urea groups is 1. The van der Waals surface area contributed by atoms with Gasteiger partial charge in [0.1, 0.15) is 5.76 Å². The summed E-state index contributed by atoms with van der Waals surface area (Å²) < 4.78 is 10.9. The van der Waals surface area contributed by atoms with Gasteiger partial charge in [-0.1, -0.05) is 6.07 Å². The summed E-state index contributed by atoms with van der Waals surface area (Å²) in [5.74, 6) is 1.39. The lowest BCUT2D eigenvalue weighted by molar-refractivity contribution is 0.225. The molecule has 0 saturated carbocycles. The maximum Gasteiger partial charge on any atom is 0.315 e. The van der Waals surface area contributed by atoms with Crippen molar-refractivity contribution < 1.29 is 13.9 Å². The quantitative estimate of drug-likeness (QED) is 0.768. The smallest absolute Gasteiger partial charge is 0.315 e. The standard InChI is InChI=1S/C18H26N4O3/c1-13(2)25-17-8-7-14(10-19-17)11-20-18(23)21-12-15(22(3)4)16-6-5-9-24-16/h5-10,13,15H,11-12H2,1-4H3,(H2,20,21,23). The molecule has 0 aliphatic rings. The molecule has 2 amide bonds. The summed E-state index contributed by atoms with van der Waals surface area (Å²) in [6.07, 6.45) is 3.41. The first kappa shape index (κ1) is 18.8. The second-order valence-corrected chi connectivity index (χ2v) is 6.23. The molecule has 7 heteroatoms. The lowest BCUT2D eigenvalue weighted by Gasteiger charge is -2.22. The number of nitrogens with zero attached hydrogens (tertiary/aromatic N) is 2. The Morgan fingerprint density at radius 3 is 2.64 bits per heavy atom. The Morgan fingerprint density at radius 1 is 1.28 bits per heavy atom. The second kappa shape index (κ2) is 9.08. The Balaban J connectivity index is 1.78. The Hall–Kier alpha value is -2.54. The van der Waals surface area contributed by atoms with Crippen LogP contribution in [0.2, 0.25) is 0 Å². The molecule has 0 saturated heterocycles. The highest BCUT2D eigenvalue weighted by molar-refractivity contribution is 5.73. The van der Waals surface area contributed by atoms with Crippen molar-refractivity contribution in [1.29, 1.82) is 0 Å². The first-order valence-electron chi connectivity index (χ1n) is 8.29. The molecule has 25 heavy (non-hydrogen) atoms. The van der Waals surface area contributed by atoms with Crippen molar-refractivity contribution in [2.45, 2.75) is 32.5 Å². The highest BCUT2D eigenvalue weighted by Gasteiger charge is 2.17. The first-order chi connectivity index (χ1) is 12.0. The molecular weight excluding hydrogens is 320 g/mol. The number of likely N-dealkylation sites (N-methyl/N-ethyl adjacent to an activating group) is 1. The number of amides is 2. The average Bonchev–Trinajstić information content (AvgIpc) is 3.08. The van der Waals surface area contributed by atoms with Gasteiger partial charge in [0.15, 0.2) is 0 Å². The maximum absolute atomic E-state index is 12.0. The van der Waals surface area contributed by atoms with Crippen molar-refractivity contribution in [3.63, 3.8) is 0 Å². The number of pyridine rings is 1. The number of furan rings is 1. The maximum atomic E-state index is 12.0.